The van der Waals surface area contributed by atoms with Gasteiger partial charge in [-0.2, -0.15) is 13.2 Å². The molecule has 1 heterocycles. The van der Waals surface area contributed by atoms with Gasteiger partial charge in [-0.15, -0.1) is 6.42 Å². The molecule has 2 nitrogen and oxygen atoms in total. The summed E-state index contributed by atoms with van der Waals surface area (Å²) < 4.78 is 37.0. The monoisotopic (exact) mass is 210 g/mol. The molecule has 1 aromatic heterocycles. The molecule has 5 heteroatoms. The van der Waals surface area contributed by atoms with Gasteiger partial charge in [0.2, 0.25) is 0 Å². The normalized spacial score (nSPS) is 11.6. The van der Waals surface area contributed by atoms with E-state index in [9.17, 15) is 13.2 Å². The van der Waals surface area contributed by atoms with Crippen molar-refractivity contribution in [1.82, 2.24) is 9.97 Å². The maximum atomic E-state index is 12.3. The fourth-order valence-electron chi connectivity index (χ4n) is 1.25. The third kappa shape index (κ3) is 1.66. The first-order valence-electron chi connectivity index (χ1n) is 4.04. The Morgan fingerprint density at radius 1 is 1.33 bits per heavy atom. The molecule has 0 bridgehead atoms. The second kappa shape index (κ2) is 3.02. The number of H-pyrrole nitrogens is 1. The molecule has 0 aliphatic rings. The number of rotatable bonds is 0. The first-order valence-corrected chi connectivity index (χ1v) is 4.04. The van der Waals surface area contributed by atoms with Crippen molar-refractivity contribution in [3.63, 3.8) is 0 Å². The van der Waals surface area contributed by atoms with Crippen LogP contribution in [0.25, 0.3) is 11.0 Å². The summed E-state index contributed by atoms with van der Waals surface area (Å²) in [6.45, 7) is 0. The van der Waals surface area contributed by atoms with E-state index < -0.39 is 11.7 Å². The highest BCUT2D eigenvalue weighted by molar-refractivity contribution is 5.76. The SMILES string of the molecule is C#Cc1nc2ccc(C(F)(F)F)cc2[nH]1. The first kappa shape index (κ1) is 9.59. The van der Waals surface area contributed by atoms with E-state index >= 15 is 0 Å². The lowest BCUT2D eigenvalue weighted by molar-refractivity contribution is -0.137. The highest BCUT2D eigenvalue weighted by atomic mass is 19.4. The molecule has 0 atom stereocenters. The van der Waals surface area contributed by atoms with E-state index in [-0.39, 0.29) is 11.3 Å². The predicted molar refractivity (Wildman–Crippen MR) is 49.0 cm³/mol. The number of nitrogens with one attached hydrogen (secondary N) is 1. The molecule has 76 valence electrons. The Balaban J connectivity index is 2.62. The minimum absolute atomic E-state index is 0.226. The Hall–Kier alpha value is -1.96. The summed E-state index contributed by atoms with van der Waals surface area (Å²) in [5, 5.41) is 0. The summed E-state index contributed by atoms with van der Waals surface area (Å²) in [6.07, 6.45) is 0.720. The zero-order chi connectivity index (χ0) is 11.1. The molecular formula is C10H5F3N2. The van der Waals surface area contributed by atoms with Crippen LogP contribution in [0.1, 0.15) is 11.4 Å². The van der Waals surface area contributed by atoms with Gasteiger partial charge in [0.15, 0.2) is 5.82 Å². The average Bonchev–Trinajstić information content (AvgIpc) is 2.57. The molecule has 0 radical (unpaired) electrons. The van der Waals surface area contributed by atoms with E-state index in [2.05, 4.69) is 15.9 Å². The molecule has 1 aromatic carbocycles. The number of hydrogen-bond donors (Lipinski definition) is 1. The molecule has 0 saturated carbocycles. The minimum atomic E-state index is -4.35. The smallest absolute Gasteiger partial charge is 0.331 e. The summed E-state index contributed by atoms with van der Waals surface area (Å²) in [6, 6.07) is 3.25. The van der Waals surface area contributed by atoms with Crippen molar-refractivity contribution in [2.24, 2.45) is 0 Å². The van der Waals surface area contributed by atoms with Crippen LogP contribution in [-0.4, -0.2) is 9.97 Å². The van der Waals surface area contributed by atoms with Crippen LogP contribution in [0.5, 0.6) is 0 Å². The van der Waals surface area contributed by atoms with Crippen molar-refractivity contribution >= 4 is 11.0 Å². The molecular weight excluding hydrogens is 205 g/mol. The summed E-state index contributed by atoms with van der Waals surface area (Å²) in [4.78, 5) is 6.51. The van der Waals surface area contributed by atoms with Gasteiger partial charge < -0.3 is 4.98 Å². The third-order valence-electron chi connectivity index (χ3n) is 1.95. The molecule has 0 aliphatic heterocycles. The maximum Gasteiger partial charge on any atom is 0.416 e. The highest BCUT2D eigenvalue weighted by Crippen LogP contribution is 2.30. The number of aromatic amines is 1. The summed E-state index contributed by atoms with van der Waals surface area (Å²) in [7, 11) is 0. The quantitative estimate of drug-likeness (QED) is 0.665. The van der Waals surface area contributed by atoms with Gasteiger partial charge in [-0.3, -0.25) is 0 Å². The van der Waals surface area contributed by atoms with Gasteiger partial charge in [0.05, 0.1) is 16.6 Å². The van der Waals surface area contributed by atoms with Crippen LogP contribution in [0.15, 0.2) is 18.2 Å². The topological polar surface area (TPSA) is 28.7 Å². The lowest BCUT2D eigenvalue weighted by Crippen LogP contribution is -2.04. The molecule has 0 unspecified atom stereocenters. The fourth-order valence-corrected chi connectivity index (χ4v) is 1.25. The molecule has 2 rings (SSSR count). The summed E-state index contributed by atoms with van der Waals surface area (Å²) in [5.41, 5.74) is -0.00375. The molecule has 2 aromatic rings. The van der Waals surface area contributed by atoms with Crippen molar-refractivity contribution in [3.05, 3.63) is 29.6 Å². The van der Waals surface area contributed by atoms with Gasteiger partial charge in [0, 0.05) is 0 Å². The number of benzene rings is 1. The second-order valence-corrected chi connectivity index (χ2v) is 2.96. The maximum absolute atomic E-state index is 12.3. The zero-order valence-electron chi connectivity index (χ0n) is 7.39. The van der Waals surface area contributed by atoms with Crippen LogP contribution in [-0.2, 0) is 6.18 Å². The van der Waals surface area contributed by atoms with Gasteiger partial charge in [-0.05, 0) is 24.1 Å². The Morgan fingerprint density at radius 2 is 2.07 bits per heavy atom. The molecule has 0 aliphatic carbocycles. The standard InChI is InChI=1S/C10H5F3N2/c1-2-9-14-7-4-3-6(10(11,12)13)5-8(7)15-9/h1,3-5H,(H,14,15). The first-order chi connectivity index (χ1) is 7.00. The van der Waals surface area contributed by atoms with Crippen LogP contribution >= 0.6 is 0 Å². The van der Waals surface area contributed by atoms with E-state index in [1.54, 1.807) is 0 Å². The predicted octanol–water partition coefficient (Wildman–Crippen LogP) is 2.56. The van der Waals surface area contributed by atoms with E-state index in [0.717, 1.165) is 12.1 Å². The van der Waals surface area contributed by atoms with Crippen molar-refractivity contribution in [3.8, 4) is 12.3 Å². The van der Waals surface area contributed by atoms with E-state index in [4.69, 9.17) is 6.42 Å². The number of alkyl halides is 3. The van der Waals surface area contributed by atoms with Gasteiger partial charge in [0.25, 0.3) is 0 Å². The van der Waals surface area contributed by atoms with E-state index in [0.29, 0.717) is 5.52 Å². The van der Waals surface area contributed by atoms with Crippen molar-refractivity contribution in [2.45, 2.75) is 6.18 Å². The van der Waals surface area contributed by atoms with Crippen LogP contribution in [0.2, 0.25) is 0 Å². The highest BCUT2D eigenvalue weighted by Gasteiger charge is 2.30. The third-order valence-corrected chi connectivity index (χ3v) is 1.95. The van der Waals surface area contributed by atoms with E-state index in [1.165, 1.54) is 6.07 Å². The molecule has 0 saturated heterocycles. The number of aromatic nitrogens is 2. The lowest BCUT2D eigenvalue weighted by atomic mass is 10.2. The van der Waals surface area contributed by atoms with Crippen molar-refractivity contribution in [2.75, 3.05) is 0 Å². The van der Waals surface area contributed by atoms with E-state index in [1.807, 2.05) is 0 Å². The lowest BCUT2D eigenvalue weighted by Gasteiger charge is -2.04. The molecule has 1 N–H and O–H groups in total. The van der Waals surface area contributed by atoms with Gasteiger partial charge in [-0.25, -0.2) is 4.98 Å². The average molecular weight is 210 g/mol. The summed E-state index contributed by atoms with van der Waals surface area (Å²) >= 11 is 0. The van der Waals surface area contributed by atoms with Gasteiger partial charge in [-0.1, -0.05) is 0 Å². The Bertz CT molecular complexity index is 546. The fraction of sp³-hybridized carbons (Fsp3) is 0.100. The summed E-state index contributed by atoms with van der Waals surface area (Å²) in [5.74, 6) is 2.45. The van der Waals surface area contributed by atoms with Gasteiger partial charge in [0.1, 0.15) is 0 Å². The Labute approximate surface area is 83.1 Å². The molecule has 0 spiro atoms. The zero-order valence-corrected chi connectivity index (χ0v) is 7.39. The molecule has 0 fully saturated rings. The number of hydrogen-bond acceptors (Lipinski definition) is 1. The van der Waals surface area contributed by atoms with Crippen LogP contribution in [0, 0.1) is 12.3 Å². The second-order valence-electron chi connectivity index (χ2n) is 2.96. The Kier molecular flexibility index (Phi) is 1.93. The largest absolute Gasteiger partial charge is 0.416 e. The number of terminal acetylenes is 1. The number of imidazole rings is 1. The van der Waals surface area contributed by atoms with Crippen LogP contribution in [0.3, 0.4) is 0 Å². The van der Waals surface area contributed by atoms with Gasteiger partial charge >= 0.3 is 6.18 Å². The van der Waals surface area contributed by atoms with Crippen molar-refractivity contribution in [1.29, 1.82) is 0 Å². The minimum Gasteiger partial charge on any atom is -0.331 e. The number of nitrogens with zero attached hydrogens (tertiary/aromatic N) is 1. The number of fused-ring (bicyclic) bond motifs is 1. The molecule has 15 heavy (non-hydrogen) atoms. The molecule has 0 amide bonds. The van der Waals surface area contributed by atoms with Crippen LogP contribution < -0.4 is 0 Å². The Morgan fingerprint density at radius 3 is 2.67 bits per heavy atom. The van der Waals surface area contributed by atoms with Crippen molar-refractivity contribution < 1.29 is 13.2 Å². The van der Waals surface area contributed by atoms with Crippen LogP contribution in [0.4, 0.5) is 13.2 Å². The number of halogens is 3.